The number of ketones is 1. The second-order valence-electron chi connectivity index (χ2n) is 3.87. The van der Waals surface area contributed by atoms with Gasteiger partial charge in [-0.15, -0.1) is 0 Å². The Kier molecular flexibility index (Phi) is 4.35. The molecule has 0 aliphatic carbocycles. The molecule has 0 radical (unpaired) electrons. The molecular formula is C13H18O2. The van der Waals surface area contributed by atoms with Gasteiger partial charge in [-0.3, -0.25) is 4.79 Å². The Morgan fingerprint density at radius 2 is 1.93 bits per heavy atom. The molecule has 82 valence electrons. The number of ether oxygens (including phenoxy) is 1. The third-order valence-corrected chi connectivity index (χ3v) is 2.64. The Labute approximate surface area is 91.3 Å². The van der Waals surface area contributed by atoms with Crippen LogP contribution in [0.15, 0.2) is 24.3 Å². The Morgan fingerprint density at radius 3 is 2.40 bits per heavy atom. The van der Waals surface area contributed by atoms with Gasteiger partial charge in [-0.05, 0) is 30.2 Å². The van der Waals surface area contributed by atoms with Gasteiger partial charge < -0.3 is 4.74 Å². The summed E-state index contributed by atoms with van der Waals surface area (Å²) in [6.45, 7) is 4.20. The molecule has 0 saturated carbocycles. The van der Waals surface area contributed by atoms with Crippen molar-refractivity contribution in [1.82, 2.24) is 0 Å². The first-order valence-electron chi connectivity index (χ1n) is 5.34. The second-order valence-corrected chi connectivity index (χ2v) is 3.87. The molecule has 0 fully saturated rings. The van der Waals surface area contributed by atoms with Gasteiger partial charge in [0.1, 0.15) is 5.75 Å². The lowest BCUT2D eigenvalue weighted by Crippen LogP contribution is -2.05. The molecule has 0 aliphatic rings. The Hall–Kier alpha value is -1.31. The summed E-state index contributed by atoms with van der Waals surface area (Å²) in [7, 11) is 1.62. The summed E-state index contributed by atoms with van der Waals surface area (Å²) in [5, 5.41) is 0. The average Bonchev–Trinajstić information content (AvgIpc) is 2.29. The molecule has 1 aromatic rings. The van der Waals surface area contributed by atoms with E-state index in [0.717, 1.165) is 17.7 Å². The molecule has 2 heteroatoms. The summed E-state index contributed by atoms with van der Waals surface area (Å²) in [5.74, 6) is 1.46. The molecular weight excluding hydrogens is 188 g/mol. The van der Waals surface area contributed by atoms with Crippen molar-refractivity contribution in [1.29, 1.82) is 0 Å². The van der Waals surface area contributed by atoms with Gasteiger partial charge in [0.25, 0.3) is 0 Å². The van der Waals surface area contributed by atoms with Crippen LogP contribution < -0.4 is 4.74 Å². The van der Waals surface area contributed by atoms with Crippen molar-refractivity contribution in [2.24, 2.45) is 5.92 Å². The summed E-state index contributed by atoms with van der Waals surface area (Å²) in [5.41, 5.74) is 0.774. The third kappa shape index (κ3) is 3.39. The van der Waals surface area contributed by atoms with Crippen LogP contribution in [0.3, 0.4) is 0 Å². The number of benzene rings is 1. The molecule has 0 heterocycles. The van der Waals surface area contributed by atoms with Crippen molar-refractivity contribution in [3.8, 4) is 5.75 Å². The van der Waals surface area contributed by atoms with Crippen LogP contribution >= 0.6 is 0 Å². The normalized spacial score (nSPS) is 12.2. The molecule has 1 rings (SSSR count). The van der Waals surface area contributed by atoms with E-state index in [0.29, 0.717) is 12.3 Å². The standard InChI is InChI=1S/C13H18O2/c1-4-10(2)9-13(14)11-5-7-12(15-3)8-6-11/h5-8,10H,4,9H2,1-3H3/t10-/m0/s1. The number of Topliss-reactive ketones (excluding diaryl/α,β-unsaturated/α-hetero) is 1. The lowest BCUT2D eigenvalue weighted by molar-refractivity contribution is 0.0963. The first-order valence-corrected chi connectivity index (χ1v) is 5.34. The van der Waals surface area contributed by atoms with E-state index in [9.17, 15) is 4.79 Å². The molecule has 0 spiro atoms. The van der Waals surface area contributed by atoms with Crippen LogP contribution in [0.4, 0.5) is 0 Å². The highest BCUT2D eigenvalue weighted by molar-refractivity contribution is 5.96. The van der Waals surface area contributed by atoms with Gasteiger partial charge in [0.15, 0.2) is 5.78 Å². The van der Waals surface area contributed by atoms with Crippen molar-refractivity contribution in [3.63, 3.8) is 0 Å². The number of carbonyl (C=O) groups excluding carboxylic acids is 1. The smallest absolute Gasteiger partial charge is 0.163 e. The number of carbonyl (C=O) groups is 1. The first-order chi connectivity index (χ1) is 7.17. The fourth-order valence-corrected chi connectivity index (χ4v) is 1.36. The summed E-state index contributed by atoms with van der Waals surface area (Å²) in [4.78, 5) is 11.8. The van der Waals surface area contributed by atoms with Crippen molar-refractivity contribution in [2.45, 2.75) is 26.7 Å². The molecule has 15 heavy (non-hydrogen) atoms. The number of methoxy groups -OCH3 is 1. The Morgan fingerprint density at radius 1 is 1.33 bits per heavy atom. The van der Waals surface area contributed by atoms with Crippen LogP contribution in [0.2, 0.25) is 0 Å². The fourth-order valence-electron chi connectivity index (χ4n) is 1.36. The molecule has 0 unspecified atom stereocenters. The molecule has 0 amide bonds. The highest BCUT2D eigenvalue weighted by Gasteiger charge is 2.09. The number of rotatable bonds is 5. The van der Waals surface area contributed by atoms with E-state index in [1.165, 1.54) is 0 Å². The Bertz CT molecular complexity index is 314. The van der Waals surface area contributed by atoms with Gasteiger partial charge in [-0.25, -0.2) is 0 Å². The average molecular weight is 206 g/mol. The highest BCUT2D eigenvalue weighted by atomic mass is 16.5. The first kappa shape index (κ1) is 11.8. The monoisotopic (exact) mass is 206 g/mol. The van der Waals surface area contributed by atoms with Gasteiger partial charge in [-0.1, -0.05) is 20.3 Å². The van der Waals surface area contributed by atoms with Crippen LogP contribution in [0.5, 0.6) is 5.75 Å². The second kappa shape index (κ2) is 5.54. The largest absolute Gasteiger partial charge is 0.497 e. The molecule has 0 N–H and O–H groups in total. The zero-order valence-electron chi connectivity index (χ0n) is 9.62. The zero-order chi connectivity index (χ0) is 11.3. The minimum atomic E-state index is 0.215. The highest BCUT2D eigenvalue weighted by Crippen LogP contribution is 2.15. The molecule has 0 bridgehead atoms. The topological polar surface area (TPSA) is 26.3 Å². The molecule has 0 aliphatic heterocycles. The van der Waals surface area contributed by atoms with Crippen molar-refractivity contribution >= 4 is 5.78 Å². The zero-order valence-corrected chi connectivity index (χ0v) is 9.62. The van der Waals surface area contributed by atoms with Crippen molar-refractivity contribution < 1.29 is 9.53 Å². The summed E-state index contributed by atoms with van der Waals surface area (Å²) in [6.07, 6.45) is 1.67. The van der Waals surface area contributed by atoms with Crippen molar-refractivity contribution in [2.75, 3.05) is 7.11 Å². The predicted molar refractivity (Wildman–Crippen MR) is 61.4 cm³/mol. The van der Waals surface area contributed by atoms with E-state index in [1.54, 1.807) is 7.11 Å². The number of hydrogen-bond donors (Lipinski definition) is 0. The predicted octanol–water partition coefficient (Wildman–Crippen LogP) is 3.31. The summed E-state index contributed by atoms with van der Waals surface area (Å²) < 4.78 is 5.04. The van der Waals surface area contributed by atoms with Crippen LogP contribution in [-0.4, -0.2) is 12.9 Å². The number of hydrogen-bond acceptors (Lipinski definition) is 2. The van der Waals surface area contributed by atoms with Gasteiger partial charge in [-0.2, -0.15) is 0 Å². The molecule has 2 nitrogen and oxygen atoms in total. The molecule has 0 aromatic heterocycles. The minimum absolute atomic E-state index is 0.215. The lowest BCUT2D eigenvalue weighted by atomic mass is 9.98. The van der Waals surface area contributed by atoms with Gasteiger partial charge in [0.05, 0.1) is 7.11 Å². The maximum Gasteiger partial charge on any atom is 0.163 e. The maximum atomic E-state index is 11.8. The van der Waals surface area contributed by atoms with Gasteiger partial charge >= 0.3 is 0 Å². The van der Waals surface area contributed by atoms with Crippen LogP contribution in [0, 0.1) is 5.92 Å². The van der Waals surface area contributed by atoms with E-state index < -0.39 is 0 Å². The van der Waals surface area contributed by atoms with Gasteiger partial charge in [0.2, 0.25) is 0 Å². The van der Waals surface area contributed by atoms with E-state index in [2.05, 4.69) is 13.8 Å². The molecule has 0 saturated heterocycles. The van der Waals surface area contributed by atoms with E-state index in [1.807, 2.05) is 24.3 Å². The minimum Gasteiger partial charge on any atom is -0.497 e. The Balaban J connectivity index is 2.66. The van der Waals surface area contributed by atoms with Gasteiger partial charge in [0, 0.05) is 12.0 Å². The van der Waals surface area contributed by atoms with Crippen LogP contribution in [0.25, 0.3) is 0 Å². The maximum absolute atomic E-state index is 11.8. The fraction of sp³-hybridized carbons (Fsp3) is 0.462. The summed E-state index contributed by atoms with van der Waals surface area (Å²) >= 11 is 0. The molecule has 1 atom stereocenters. The van der Waals surface area contributed by atoms with Crippen LogP contribution in [0.1, 0.15) is 37.0 Å². The summed E-state index contributed by atoms with van der Waals surface area (Å²) in [6, 6.07) is 7.29. The SMILES string of the molecule is CC[C@H](C)CC(=O)c1ccc(OC)cc1. The molecule has 1 aromatic carbocycles. The van der Waals surface area contributed by atoms with E-state index in [4.69, 9.17) is 4.74 Å². The third-order valence-electron chi connectivity index (χ3n) is 2.64. The van der Waals surface area contributed by atoms with E-state index >= 15 is 0 Å². The van der Waals surface area contributed by atoms with E-state index in [-0.39, 0.29) is 5.78 Å². The quantitative estimate of drug-likeness (QED) is 0.691. The lowest BCUT2D eigenvalue weighted by Gasteiger charge is -2.07. The van der Waals surface area contributed by atoms with Crippen LogP contribution in [-0.2, 0) is 0 Å². The van der Waals surface area contributed by atoms with Crippen molar-refractivity contribution in [3.05, 3.63) is 29.8 Å².